The Hall–Kier alpha value is -2.12. The van der Waals surface area contributed by atoms with E-state index < -0.39 is 23.1 Å². The molecule has 1 aliphatic rings. The van der Waals surface area contributed by atoms with E-state index in [1.807, 2.05) is 4.98 Å². The maximum atomic E-state index is 11.2. The van der Waals surface area contributed by atoms with Crippen LogP contribution in [0.25, 0.3) is 0 Å². The number of aliphatic carboxylic acids is 1. The maximum Gasteiger partial charge on any atom is 0.342 e. The van der Waals surface area contributed by atoms with Crippen LogP contribution in [-0.4, -0.2) is 39.3 Å². The van der Waals surface area contributed by atoms with Gasteiger partial charge in [-0.05, 0) is 0 Å². The average Bonchev–Trinajstić information content (AvgIpc) is 2.05. The quantitative estimate of drug-likeness (QED) is 0.520. The lowest BCUT2D eigenvalue weighted by molar-refractivity contribution is -0.142. The largest absolute Gasteiger partial charge is 0.481 e. The van der Waals surface area contributed by atoms with Gasteiger partial charge in [0.2, 0.25) is 5.82 Å². The molecule has 1 saturated heterocycles. The predicted molar refractivity (Wildman–Crippen MR) is 48.8 cm³/mol. The Bertz CT molecular complexity index is 498. The van der Waals surface area contributed by atoms with Gasteiger partial charge < -0.3 is 10.0 Å². The lowest BCUT2D eigenvalue weighted by Crippen LogP contribution is -2.53. The first-order chi connectivity index (χ1) is 7.08. The molecule has 3 N–H and O–H groups in total. The van der Waals surface area contributed by atoms with E-state index in [-0.39, 0.29) is 18.9 Å². The Labute approximate surface area is 82.6 Å². The molecule has 8 heteroatoms. The Morgan fingerprint density at radius 2 is 2.13 bits per heavy atom. The Kier molecular flexibility index (Phi) is 2.03. The van der Waals surface area contributed by atoms with E-state index in [9.17, 15) is 14.4 Å². The van der Waals surface area contributed by atoms with Crippen LogP contribution in [0.1, 0.15) is 0 Å². The van der Waals surface area contributed by atoms with Crippen molar-refractivity contribution in [3.63, 3.8) is 0 Å². The Morgan fingerprint density at radius 1 is 1.47 bits per heavy atom. The highest BCUT2D eigenvalue weighted by atomic mass is 16.4. The van der Waals surface area contributed by atoms with Crippen LogP contribution < -0.4 is 16.1 Å². The van der Waals surface area contributed by atoms with Crippen LogP contribution in [0.3, 0.4) is 0 Å². The molecule has 2 heterocycles. The summed E-state index contributed by atoms with van der Waals surface area (Å²) in [4.78, 5) is 35.9. The highest BCUT2D eigenvalue weighted by Crippen LogP contribution is 2.18. The van der Waals surface area contributed by atoms with Crippen LogP contribution in [0, 0.1) is 5.92 Å². The number of carboxylic acids is 1. The van der Waals surface area contributed by atoms with Crippen molar-refractivity contribution in [3.05, 3.63) is 20.8 Å². The minimum atomic E-state index is -0.896. The van der Waals surface area contributed by atoms with Crippen LogP contribution in [0.2, 0.25) is 0 Å². The number of anilines is 1. The fourth-order valence-corrected chi connectivity index (χ4v) is 1.36. The first kappa shape index (κ1) is 9.44. The minimum absolute atomic E-state index is 0.0482. The molecule has 80 valence electrons. The summed E-state index contributed by atoms with van der Waals surface area (Å²) >= 11 is 0. The number of rotatable bonds is 2. The number of nitrogens with zero attached hydrogens (tertiary/aromatic N) is 2. The van der Waals surface area contributed by atoms with Gasteiger partial charge in [-0.2, -0.15) is 0 Å². The molecule has 1 aliphatic heterocycles. The number of aromatic nitrogens is 3. The summed E-state index contributed by atoms with van der Waals surface area (Å²) in [6.07, 6.45) is 0. The number of carboxylic acid groups (broad SMARTS) is 1. The van der Waals surface area contributed by atoms with E-state index in [4.69, 9.17) is 5.11 Å². The molecule has 8 nitrogen and oxygen atoms in total. The number of aromatic amines is 2. The van der Waals surface area contributed by atoms with Crippen molar-refractivity contribution >= 4 is 11.8 Å². The minimum Gasteiger partial charge on any atom is -0.481 e. The first-order valence-corrected chi connectivity index (χ1v) is 4.24. The Balaban J connectivity index is 2.17. The second kappa shape index (κ2) is 3.23. The third kappa shape index (κ3) is 1.60. The summed E-state index contributed by atoms with van der Waals surface area (Å²) in [5, 5.41) is 14.2. The molecular weight excluding hydrogens is 204 g/mol. The second-order valence-corrected chi connectivity index (χ2v) is 3.27. The van der Waals surface area contributed by atoms with Crippen LogP contribution >= 0.6 is 0 Å². The van der Waals surface area contributed by atoms with Crippen LogP contribution in [0.4, 0.5) is 5.82 Å². The summed E-state index contributed by atoms with van der Waals surface area (Å²) < 4.78 is 0. The van der Waals surface area contributed by atoms with Gasteiger partial charge in [-0.25, -0.2) is 9.89 Å². The number of H-pyrrole nitrogens is 2. The summed E-state index contributed by atoms with van der Waals surface area (Å²) in [6, 6.07) is 0. The molecule has 0 unspecified atom stereocenters. The fraction of sp³-hybridized carbons (Fsp3) is 0.429. The van der Waals surface area contributed by atoms with Gasteiger partial charge in [0.1, 0.15) is 0 Å². The van der Waals surface area contributed by atoms with Crippen molar-refractivity contribution in [3.8, 4) is 0 Å². The lowest BCUT2D eigenvalue weighted by atomic mass is 10.0. The highest BCUT2D eigenvalue weighted by molar-refractivity contribution is 5.74. The van der Waals surface area contributed by atoms with Crippen molar-refractivity contribution in [2.75, 3.05) is 18.0 Å². The van der Waals surface area contributed by atoms with Crippen LogP contribution in [0.5, 0.6) is 0 Å². The van der Waals surface area contributed by atoms with Crippen LogP contribution in [-0.2, 0) is 4.79 Å². The molecule has 15 heavy (non-hydrogen) atoms. The van der Waals surface area contributed by atoms with Gasteiger partial charge in [0.05, 0.1) is 5.92 Å². The summed E-state index contributed by atoms with van der Waals surface area (Å²) in [5.41, 5.74) is -1.29. The third-order valence-corrected chi connectivity index (χ3v) is 2.22. The standard InChI is InChI=1S/C7H8N4O4/c12-5-4(9-10-7(15)8-5)11-1-3(2-11)6(13)14/h3H,1-2H2,(H,13,14)(H2,8,10,12,15). The van der Waals surface area contributed by atoms with E-state index >= 15 is 0 Å². The summed E-state index contributed by atoms with van der Waals surface area (Å²) in [6.45, 7) is 0.467. The molecule has 1 fully saturated rings. The molecule has 0 aromatic carbocycles. The molecule has 2 rings (SSSR count). The van der Waals surface area contributed by atoms with Gasteiger partial charge in [0.15, 0.2) is 0 Å². The van der Waals surface area contributed by atoms with E-state index in [0.717, 1.165) is 0 Å². The SMILES string of the molecule is O=C(O)C1CN(c2n[nH]c(=O)[nH]c2=O)C1. The molecular formula is C7H8N4O4. The topological polar surface area (TPSA) is 119 Å². The molecule has 0 saturated carbocycles. The van der Waals surface area contributed by atoms with Crippen LogP contribution in [0.15, 0.2) is 9.59 Å². The maximum absolute atomic E-state index is 11.2. The zero-order chi connectivity index (χ0) is 11.0. The van der Waals surface area contributed by atoms with Crippen molar-refractivity contribution in [1.82, 2.24) is 15.2 Å². The first-order valence-electron chi connectivity index (χ1n) is 4.24. The molecule has 1 aromatic rings. The van der Waals surface area contributed by atoms with Crippen molar-refractivity contribution in [2.45, 2.75) is 0 Å². The number of carbonyl (C=O) groups is 1. The van der Waals surface area contributed by atoms with Gasteiger partial charge >= 0.3 is 11.7 Å². The van der Waals surface area contributed by atoms with Gasteiger partial charge in [0, 0.05) is 13.1 Å². The normalized spacial score (nSPS) is 16.1. The molecule has 0 amide bonds. The zero-order valence-electron chi connectivity index (χ0n) is 7.56. The van der Waals surface area contributed by atoms with Crippen molar-refractivity contribution < 1.29 is 9.90 Å². The second-order valence-electron chi connectivity index (χ2n) is 3.27. The molecule has 0 bridgehead atoms. The van der Waals surface area contributed by atoms with Gasteiger partial charge in [-0.3, -0.25) is 14.6 Å². The zero-order valence-corrected chi connectivity index (χ0v) is 7.56. The Morgan fingerprint density at radius 3 is 2.67 bits per heavy atom. The molecule has 0 radical (unpaired) electrons. The van der Waals surface area contributed by atoms with E-state index in [0.29, 0.717) is 0 Å². The smallest absolute Gasteiger partial charge is 0.342 e. The van der Waals surface area contributed by atoms with Gasteiger partial charge in [-0.1, -0.05) is 0 Å². The fourth-order valence-electron chi connectivity index (χ4n) is 1.36. The third-order valence-electron chi connectivity index (χ3n) is 2.22. The van der Waals surface area contributed by atoms with Gasteiger partial charge in [-0.15, -0.1) is 5.10 Å². The van der Waals surface area contributed by atoms with E-state index in [2.05, 4.69) is 10.2 Å². The molecule has 0 atom stereocenters. The summed E-state index contributed by atoms with van der Waals surface area (Å²) in [5.74, 6) is -1.32. The number of hydrogen-bond acceptors (Lipinski definition) is 5. The van der Waals surface area contributed by atoms with Gasteiger partial charge in [0.25, 0.3) is 5.56 Å². The average molecular weight is 212 g/mol. The lowest BCUT2D eigenvalue weighted by Gasteiger charge is -2.36. The molecule has 0 spiro atoms. The van der Waals surface area contributed by atoms with E-state index in [1.54, 1.807) is 0 Å². The highest BCUT2D eigenvalue weighted by Gasteiger charge is 2.34. The number of hydrogen-bond donors (Lipinski definition) is 3. The van der Waals surface area contributed by atoms with Crippen molar-refractivity contribution in [1.29, 1.82) is 0 Å². The molecule has 0 aliphatic carbocycles. The number of nitrogens with one attached hydrogen (secondary N) is 2. The summed E-state index contributed by atoms with van der Waals surface area (Å²) in [7, 11) is 0. The van der Waals surface area contributed by atoms with Crippen molar-refractivity contribution in [2.24, 2.45) is 5.92 Å². The predicted octanol–water partition coefficient (Wildman–Crippen LogP) is -2.02. The monoisotopic (exact) mass is 212 g/mol. The van der Waals surface area contributed by atoms with E-state index in [1.165, 1.54) is 4.90 Å². The molecule has 1 aromatic heterocycles.